The van der Waals surface area contributed by atoms with E-state index < -0.39 is 12.0 Å². The summed E-state index contributed by atoms with van der Waals surface area (Å²) < 4.78 is 0.314. The van der Waals surface area contributed by atoms with E-state index in [1.54, 1.807) is 6.08 Å². The Morgan fingerprint density at radius 2 is 2.00 bits per heavy atom. The van der Waals surface area contributed by atoms with Gasteiger partial charge in [-0.2, -0.15) is 0 Å². The Hall–Kier alpha value is -2.19. The van der Waals surface area contributed by atoms with Crippen LogP contribution in [0.4, 0.5) is 0 Å². The summed E-state index contributed by atoms with van der Waals surface area (Å²) >= 11 is 6.41. The van der Waals surface area contributed by atoms with Crippen molar-refractivity contribution in [2.45, 2.75) is 25.3 Å². The molecule has 2 fully saturated rings. The van der Waals surface area contributed by atoms with E-state index in [0.29, 0.717) is 22.2 Å². The molecular formula is C18H18N2O4S2. The lowest BCUT2D eigenvalue weighted by Gasteiger charge is -2.33. The van der Waals surface area contributed by atoms with Crippen molar-refractivity contribution in [1.29, 1.82) is 0 Å². The summed E-state index contributed by atoms with van der Waals surface area (Å²) in [5.74, 6) is -1.71. The minimum Gasteiger partial charge on any atom is -0.480 e. The first-order chi connectivity index (χ1) is 12.5. The molecule has 0 bridgehead atoms. The van der Waals surface area contributed by atoms with Crippen LogP contribution in [-0.2, 0) is 14.4 Å². The molecule has 0 aromatic heterocycles. The van der Waals surface area contributed by atoms with Crippen LogP contribution >= 0.6 is 24.0 Å². The van der Waals surface area contributed by atoms with Gasteiger partial charge < -0.3 is 10.0 Å². The lowest BCUT2D eigenvalue weighted by Crippen LogP contribution is -2.51. The highest BCUT2D eigenvalue weighted by atomic mass is 32.2. The summed E-state index contributed by atoms with van der Waals surface area (Å²) in [4.78, 5) is 39.7. The third-order valence-corrected chi connectivity index (χ3v) is 5.75. The maximum absolute atomic E-state index is 12.6. The number of benzene rings is 1. The first-order valence-electron chi connectivity index (χ1n) is 8.30. The number of hydrogen-bond acceptors (Lipinski definition) is 5. The van der Waals surface area contributed by atoms with Crippen molar-refractivity contribution in [2.75, 3.05) is 13.1 Å². The van der Waals surface area contributed by atoms with Gasteiger partial charge in [-0.15, -0.1) is 0 Å². The number of carboxylic acids is 1. The molecular weight excluding hydrogens is 372 g/mol. The van der Waals surface area contributed by atoms with Crippen molar-refractivity contribution in [3.8, 4) is 0 Å². The van der Waals surface area contributed by atoms with Gasteiger partial charge in [-0.3, -0.25) is 14.5 Å². The molecule has 1 aromatic rings. The van der Waals surface area contributed by atoms with E-state index in [2.05, 4.69) is 0 Å². The van der Waals surface area contributed by atoms with E-state index in [1.165, 1.54) is 9.80 Å². The highest BCUT2D eigenvalue weighted by Gasteiger charge is 2.37. The molecule has 0 radical (unpaired) electrons. The Bertz CT molecular complexity index is 779. The molecule has 0 spiro atoms. The highest BCUT2D eigenvalue weighted by Crippen LogP contribution is 2.32. The van der Waals surface area contributed by atoms with Crippen LogP contribution in [-0.4, -0.2) is 56.1 Å². The van der Waals surface area contributed by atoms with Crippen molar-refractivity contribution in [3.05, 3.63) is 40.8 Å². The predicted molar refractivity (Wildman–Crippen MR) is 103 cm³/mol. The number of amides is 2. The molecule has 6 nitrogen and oxygen atoms in total. The Balaban J connectivity index is 1.72. The van der Waals surface area contributed by atoms with Crippen LogP contribution in [0.3, 0.4) is 0 Å². The molecule has 0 aliphatic carbocycles. The van der Waals surface area contributed by atoms with Gasteiger partial charge in [0.15, 0.2) is 0 Å². The molecule has 1 aromatic carbocycles. The van der Waals surface area contributed by atoms with Gasteiger partial charge in [0.05, 0.1) is 4.91 Å². The fraction of sp³-hybridized carbons (Fsp3) is 0.333. The molecule has 136 valence electrons. The van der Waals surface area contributed by atoms with E-state index in [-0.39, 0.29) is 18.4 Å². The van der Waals surface area contributed by atoms with Gasteiger partial charge >= 0.3 is 5.97 Å². The second-order valence-corrected chi connectivity index (χ2v) is 7.79. The predicted octanol–water partition coefficient (Wildman–Crippen LogP) is 2.35. The molecule has 1 N–H and O–H groups in total. The Morgan fingerprint density at radius 1 is 1.27 bits per heavy atom. The quantitative estimate of drug-likeness (QED) is 0.628. The zero-order valence-electron chi connectivity index (χ0n) is 14.0. The Kier molecular flexibility index (Phi) is 5.73. The van der Waals surface area contributed by atoms with Crippen molar-refractivity contribution >= 4 is 52.2 Å². The molecule has 2 amide bonds. The van der Waals surface area contributed by atoms with E-state index in [1.807, 2.05) is 30.3 Å². The van der Waals surface area contributed by atoms with E-state index >= 15 is 0 Å². The summed E-state index contributed by atoms with van der Waals surface area (Å²) in [7, 11) is 0. The van der Waals surface area contributed by atoms with Crippen molar-refractivity contribution in [1.82, 2.24) is 9.80 Å². The second kappa shape index (κ2) is 8.01. The number of carbonyl (C=O) groups excluding carboxylic acids is 2. The molecule has 8 heteroatoms. The number of piperidine rings is 1. The molecule has 0 unspecified atom stereocenters. The van der Waals surface area contributed by atoms with Crippen LogP contribution in [0.1, 0.15) is 24.8 Å². The number of aliphatic carboxylic acids is 1. The number of carboxylic acid groups (broad SMARTS) is 1. The van der Waals surface area contributed by atoms with Gasteiger partial charge in [-0.25, -0.2) is 4.79 Å². The normalized spacial score (nSPS) is 22.2. The number of thioether (sulfide) groups is 1. The van der Waals surface area contributed by atoms with Crippen LogP contribution < -0.4 is 0 Å². The summed E-state index contributed by atoms with van der Waals surface area (Å²) in [5, 5.41) is 9.32. The summed E-state index contributed by atoms with van der Waals surface area (Å²) in [6.45, 7) is 0.172. The maximum Gasteiger partial charge on any atom is 0.326 e. The SMILES string of the molecule is O=C(O)[C@H]1CCCCN1C(=O)CN1C(=O)/C(=C/c2ccccc2)SC1=S. The standard InChI is InChI=1S/C18H18N2O4S2/c21-15(19-9-5-4-8-13(19)17(23)24)11-20-16(22)14(26-18(20)25)10-12-6-2-1-3-7-12/h1-3,6-7,10,13H,4-5,8-9,11H2,(H,23,24)/b14-10-/t13-/m1/s1. The average Bonchev–Trinajstić information content (AvgIpc) is 2.90. The topological polar surface area (TPSA) is 77.9 Å². The molecule has 2 aliphatic heterocycles. The Morgan fingerprint density at radius 3 is 2.69 bits per heavy atom. The van der Waals surface area contributed by atoms with Gasteiger partial charge in [0.1, 0.15) is 16.9 Å². The van der Waals surface area contributed by atoms with Gasteiger partial charge in [0, 0.05) is 6.54 Å². The molecule has 2 saturated heterocycles. The average molecular weight is 390 g/mol. The Labute approximate surface area is 160 Å². The molecule has 26 heavy (non-hydrogen) atoms. The lowest BCUT2D eigenvalue weighted by atomic mass is 10.0. The van der Waals surface area contributed by atoms with Crippen LogP contribution in [0, 0.1) is 0 Å². The van der Waals surface area contributed by atoms with E-state index in [0.717, 1.165) is 30.2 Å². The van der Waals surface area contributed by atoms with E-state index in [4.69, 9.17) is 12.2 Å². The lowest BCUT2D eigenvalue weighted by molar-refractivity contribution is -0.152. The van der Waals surface area contributed by atoms with Gasteiger partial charge in [-0.1, -0.05) is 54.3 Å². The monoisotopic (exact) mass is 390 g/mol. The zero-order chi connectivity index (χ0) is 18.7. The molecule has 2 heterocycles. The third-order valence-electron chi connectivity index (χ3n) is 4.37. The highest BCUT2D eigenvalue weighted by molar-refractivity contribution is 8.26. The second-order valence-electron chi connectivity index (χ2n) is 6.12. The summed E-state index contributed by atoms with van der Waals surface area (Å²) in [6, 6.07) is 8.57. The molecule has 0 saturated carbocycles. The maximum atomic E-state index is 12.6. The minimum absolute atomic E-state index is 0.222. The van der Waals surface area contributed by atoms with Crippen LogP contribution in [0.25, 0.3) is 6.08 Å². The fourth-order valence-corrected chi connectivity index (χ4v) is 4.30. The zero-order valence-corrected chi connectivity index (χ0v) is 15.6. The van der Waals surface area contributed by atoms with Crippen LogP contribution in [0.15, 0.2) is 35.2 Å². The first kappa shape index (κ1) is 18.6. The number of nitrogens with zero attached hydrogens (tertiary/aromatic N) is 2. The van der Waals surface area contributed by atoms with Crippen molar-refractivity contribution < 1.29 is 19.5 Å². The number of thiocarbonyl (C=S) groups is 1. The van der Waals surface area contributed by atoms with E-state index in [9.17, 15) is 19.5 Å². The summed E-state index contributed by atoms with van der Waals surface area (Å²) in [6.07, 6.45) is 3.72. The number of hydrogen-bond donors (Lipinski definition) is 1. The van der Waals surface area contributed by atoms with Crippen molar-refractivity contribution in [3.63, 3.8) is 0 Å². The van der Waals surface area contributed by atoms with Gasteiger partial charge in [0.2, 0.25) is 5.91 Å². The van der Waals surface area contributed by atoms with Crippen LogP contribution in [0.2, 0.25) is 0 Å². The number of carbonyl (C=O) groups is 3. The van der Waals surface area contributed by atoms with Crippen LogP contribution in [0.5, 0.6) is 0 Å². The van der Waals surface area contributed by atoms with Crippen molar-refractivity contribution in [2.24, 2.45) is 0 Å². The van der Waals surface area contributed by atoms with Gasteiger partial charge in [-0.05, 0) is 30.9 Å². The molecule has 3 rings (SSSR count). The fourth-order valence-electron chi connectivity index (χ4n) is 3.05. The minimum atomic E-state index is -1.01. The smallest absolute Gasteiger partial charge is 0.326 e. The first-order valence-corrected chi connectivity index (χ1v) is 9.52. The number of rotatable bonds is 4. The third kappa shape index (κ3) is 3.96. The molecule has 1 atom stereocenters. The number of likely N-dealkylation sites (tertiary alicyclic amines) is 1. The van der Waals surface area contributed by atoms with Gasteiger partial charge in [0.25, 0.3) is 5.91 Å². The largest absolute Gasteiger partial charge is 0.480 e. The summed E-state index contributed by atoms with van der Waals surface area (Å²) in [5.41, 5.74) is 0.876. The molecule has 2 aliphatic rings.